The summed E-state index contributed by atoms with van der Waals surface area (Å²) >= 11 is 0. The summed E-state index contributed by atoms with van der Waals surface area (Å²) in [6.45, 7) is 7.43. The van der Waals surface area contributed by atoms with E-state index >= 15 is 0 Å². The first-order valence-electron chi connectivity index (χ1n) is 10.4. The Morgan fingerprint density at radius 2 is 1.79 bits per heavy atom. The molecular weight excluding hydrogens is 362 g/mol. The minimum Gasteiger partial charge on any atom is -0.352 e. The van der Waals surface area contributed by atoms with Gasteiger partial charge in [-0.05, 0) is 62.1 Å². The summed E-state index contributed by atoms with van der Waals surface area (Å²) in [6.07, 6.45) is 2.38. The van der Waals surface area contributed by atoms with Gasteiger partial charge in [0.15, 0.2) is 0 Å². The number of likely N-dealkylation sites (tertiary alicyclic amines) is 1. The molecule has 1 saturated heterocycles. The lowest BCUT2D eigenvalue weighted by atomic mass is 9.98. The number of hydrogen-bond donors (Lipinski definition) is 2. The third kappa shape index (κ3) is 5.67. The molecule has 1 aliphatic heterocycles. The summed E-state index contributed by atoms with van der Waals surface area (Å²) in [5.41, 5.74) is 4.03. The molecule has 2 aromatic carbocycles. The molecule has 1 heterocycles. The van der Waals surface area contributed by atoms with Crippen molar-refractivity contribution in [3.05, 3.63) is 65.2 Å². The summed E-state index contributed by atoms with van der Waals surface area (Å²) < 4.78 is 0. The number of rotatable bonds is 6. The number of carbonyl (C=O) groups is 2. The molecule has 3 rings (SSSR count). The molecule has 2 amide bonds. The number of nitrogens with one attached hydrogen (secondary N) is 2. The van der Waals surface area contributed by atoms with E-state index in [1.807, 2.05) is 63.2 Å². The third-order valence-electron chi connectivity index (χ3n) is 5.36. The van der Waals surface area contributed by atoms with Crippen LogP contribution in [0.5, 0.6) is 0 Å². The van der Waals surface area contributed by atoms with Crippen molar-refractivity contribution < 1.29 is 9.59 Å². The summed E-state index contributed by atoms with van der Waals surface area (Å²) in [4.78, 5) is 27.4. The van der Waals surface area contributed by atoms with Crippen molar-refractivity contribution in [1.82, 2.24) is 10.2 Å². The number of anilines is 1. The van der Waals surface area contributed by atoms with Crippen LogP contribution in [0.25, 0.3) is 0 Å². The first kappa shape index (κ1) is 21.1. The molecule has 0 bridgehead atoms. The van der Waals surface area contributed by atoms with Gasteiger partial charge in [-0.25, -0.2) is 0 Å². The van der Waals surface area contributed by atoms with Gasteiger partial charge in [-0.2, -0.15) is 0 Å². The van der Waals surface area contributed by atoms with Gasteiger partial charge >= 0.3 is 0 Å². The maximum atomic E-state index is 13.4. The minimum atomic E-state index is -0.390. The Morgan fingerprint density at radius 3 is 2.45 bits per heavy atom. The van der Waals surface area contributed by atoms with Gasteiger partial charge in [0.2, 0.25) is 11.8 Å². The quantitative estimate of drug-likeness (QED) is 0.781. The van der Waals surface area contributed by atoms with Crippen LogP contribution in [-0.2, 0) is 9.59 Å². The standard InChI is InChI=1S/C24H31N3O2/c1-4-22(28)25-20-11-8-12-27(16-20)23(19-9-6-5-7-10-19)24(29)26-21-14-17(2)13-18(3)15-21/h5-7,9-10,13-15,20,23H,4,8,11-12,16H2,1-3H3,(H,25,28)(H,26,29). The maximum Gasteiger partial charge on any atom is 0.246 e. The van der Waals surface area contributed by atoms with E-state index in [1.165, 1.54) is 0 Å². The lowest BCUT2D eigenvalue weighted by Crippen LogP contribution is -2.50. The lowest BCUT2D eigenvalue weighted by Gasteiger charge is -2.38. The van der Waals surface area contributed by atoms with Gasteiger partial charge < -0.3 is 10.6 Å². The van der Waals surface area contributed by atoms with E-state index in [1.54, 1.807) is 0 Å². The van der Waals surface area contributed by atoms with Crippen molar-refractivity contribution in [3.8, 4) is 0 Å². The molecule has 2 N–H and O–H groups in total. The molecule has 0 radical (unpaired) electrons. The molecule has 5 heteroatoms. The fraction of sp³-hybridized carbons (Fsp3) is 0.417. The van der Waals surface area contributed by atoms with Crippen molar-refractivity contribution in [2.75, 3.05) is 18.4 Å². The lowest BCUT2D eigenvalue weighted by molar-refractivity contribution is -0.123. The van der Waals surface area contributed by atoms with Crippen LogP contribution in [0.1, 0.15) is 48.9 Å². The Labute approximate surface area is 173 Å². The molecule has 2 atom stereocenters. The van der Waals surface area contributed by atoms with Crippen molar-refractivity contribution in [1.29, 1.82) is 0 Å². The van der Waals surface area contributed by atoms with Crippen molar-refractivity contribution in [3.63, 3.8) is 0 Å². The van der Waals surface area contributed by atoms with E-state index in [2.05, 4.69) is 21.6 Å². The van der Waals surface area contributed by atoms with Crippen LogP contribution in [0.15, 0.2) is 48.5 Å². The van der Waals surface area contributed by atoms with Crippen LogP contribution in [-0.4, -0.2) is 35.8 Å². The topological polar surface area (TPSA) is 61.4 Å². The molecular formula is C24H31N3O2. The molecule has 0 saturated carbocycles. The zero-order valence-corrected chi connectivity index (χ0v) is 17.6. The normalized spacial score (nSPS) is 18.1. The molecule has 29 heavy (non-hydrogen) atoms. The highest BCUT2D eigenvalue weighted by Crippen LogP contribution is 2.27. The molecule has 154 valence electrons. The zero-order chi connectivity index (χ0) is 20.8. The smallest absolute Gasteiger partial charge is 0.246 e. The van der Waals surface area contributed by atoms with Crippen LogP contribution >= 0.6 is 0 Å². The monoisotopic (exact) mass is 393 g/mol. The zero-order valence-electron chi connectivity index (χ0n) is 17.6. The summed E-state index contributed by atoms with van der Waals surface area (Å²) in [5, 5.41) is 6.21. The van der Waals surface area contributed by atoms with E-state index in [0.717, 1.165) is 41.8 Å². The van der Waals surface area contributed by atoms with Gasteiger partial charge in [-0.3, -0.25) is 14.5 Å². The van der Waals surface area contributed by atoms with E-state index in [4.69, 9.17) is 0 Å². The largest absolute Gasteiger partial charge is 0.352 e. The number of piperidine rings is 1. The number of hydrogen-bond acceptors (Lipinski definition) is 3. The van der Waals surface area contributed by atoms with Gasteiger partial charge in [0, 0.05) is 24.7 Å². The predicted molar refractivity (Wildman–Crippen MR) is 117 cm³/mol. The first-order valence-corrected chi connectivity index (χ1v) is 10.4. The molecule has 1 aliphatic rings. The highest BCUT2D eigenvalue weighted by molar-refractivity contribution is 5.95. The Bertz CT molecular complexity index is 830. The summed E-state index contributed by atoms with van der Waals surface area (Å²) in [6, 6.07) is 15.7. The first-order chi connectivity index (χ1) is 14.0. The molecule has 0 aliphatic carbocycles. The third-order valence-corrected chi connectivity index (χ3v) is 5.36. The van der Waals surface area contributed by atoms with Crippen LogP contribution in [0.4, 0.5) is 5.69 Å². The number of aryl methyl sites for hydroxylation is 2. The maximum absolute atomic E-state index is 13.4. The molecule has 1 fully saturated rings. The average molecular weight is 394 g/mol. The Hall–Kier alpha value is -2.66. The molecule has 0 aromatic heterocycles. The van der Waals surface area contributed by atoms with E-state index in [9.17, 15) is 9.59 Å². The molecule has 2 aromatic rings. The second-order valence-electron chi connectivity index (χ2n) is 7.93. The van der Waals surface area contributed by atoms with E-state index < -0.39 is 6.04 Å². The fourth-order valence-corrected chi connectivity index (χ4v) is 4.11. The Morgan fingerprint density at radius 1 is 1.10 bits per heavy atom. The minimum absolute atomic E-state index is 0.0383. The second-order valence-corrected chi connectivity index (χ2v) is 7.93. The van der Waals surface area contributed by atoms with Crippen LogP contribution in [0, 0.1) is 13.8 Å². The highest BCUT2D eigenvalue weighted by atomic mass is 16.2. The molecule has 5 nitrogen and oxygen atoms in total. The number of amides is 2. The average Bonchev–Trinajstić information content (AvgIpc) is 2.68. The number of nitrogens with zero attached hydrogens (tertiary/aromatic N) is 1. The number of benzene rings is 2. The van der Waals surface area contributed by atoms with Gasteiger partial charge in [-0.15, -0.1) is 0 Å². The van der Waals surface area contributed by atoms with Crippen molar-refractivity contribution in [2.24, 2.45) is 0 Å². The molecule has 2 unspecified atom stereocenters. The Kier molecular flexibility index (Phi) is 7.04. The molecule has 0 spiro atoms. The second kappa shape index (κ2) is 9.70. The van der Waals surface area contributed by atoms with Crippen molar-refractivity contribution >= 4 is 17.5 Å². The SMILES string of the molecule is CCC(=O)NC1CCCN(C(C(=O)Nc2cc(C)cc(C)c2)c2ccccc2)C1. The summed E-state index contributed by atoms with van der Waals surface area (Å²) in [7, 11) is 0. The van der Waals surface area contributed by atoms with Crippen LogP contribution < -0.4 is 10.6 Å². The number of carbonyl (C=O) groups excluding carboxylic acids is 2. The van der Waals surface area contributed by atoms with Gasteiger partial charge in [0.1, 0.15) is 6.04 Å². The van der Waals surface area contributed by atoms with Crippen LogP contribution in [0.2, 0.25) is 0 Å². The summed E-state index contributed by atoms with van der Waals surface area (Å²) in [5.74, 6) is 0.0245. The fourth-order valence-electron chi connectivity index (χ4n) is 4.11. The van der Waals surface area contributed by atoms with E-state index in [-0.39, 0.29) is 17.9 Å². The van der Waals surface area contributed by atoms with Gasteiger partial charge in [0.05, 0.1) is 0 Å². The van der Waals surface area contributed by atoms with Crippen molar-refractivity contribution in [2.45, 2.75) is 52.1 Å². The van der Waals surface area contributed by atoms with Gasteiger partial charge in [0.25, 0.3) is 0 Å². The van der Waals surface area contributed by atoms with E-state index in [0.29, 0.717) is 13.0 Å². The predicted octanol–water partition coefficient (Wildman–Crippen LogP) is 3.97. The van der Waals surface area contributed by atoms with Gasteiger partial charge in [-0.1, -0.05) is 43.3 Å². The van der Waals surface area contributed by atoms with Crippen LogP contribution in [0.3, 0.4) is 0 Å². The highest BCUT2D eigenvalue weighted by Gasteiger charge is 2.32. The Balaban J connectivity index is 1.82.